The van der Waals surface area contributed by atoms with Gasteiger partial charge in [-0.2, -0.15) is 0 Å². The Morgan fingerprint density at radius 1 is 1.09 bits per heavy atom. The van der Waals surface area contributed by atoms with Crippen molar-refractivity contribution in [1.29, 1.82) is 0 Å². The van der Waals surface area contributed by atoms with Crippen molar-refractivity contribution in [3.05, 3.63) is 0 Å². The van der Waals surface area contributed by atoms with Gasteiger partial charge in [0.1, 0.15) is 18.1 Å². The molecule has 44 heavy (non-hydrogen) atoms. The maximum Gasteiger partial charge on any atom is 0.319 e. The van der Waals surface area contributed by atoms with Crippen LogP contribution in [0.2, 0.25) is 0 Å². The summed E-state index contributed by atoms with van der Waals surface area (Å²) >= 11 is 0. The van der Waals surface area contributed by atoms with Crippen LogP contribution in [0.3, 0.4) is 0 Å². The van der Waals surface area contributed by atoms with Crippen LogP contribution in [0.15, 0.2) is 0 Å². The molecular weight excluding hydrogens is 562 g/mol. The third-order valence-corrected chi connectivity index (χ3v) is 10.6. The number of rotatable bonds is 7. The number of hydrogen-bond acceptors (Lipinski definition) is 10. The molecule has 256 valence electrons. The molecule has 3 heterocycles. The van der Waals surface area contributed by atoms with Gasteiger partial charge in [0, 0.05) is 31.7 Å². The van der Waals surface area contributed by atoms with Gasteiger partial charge in [-0.1, -0.05) is 20.8 Å². The molecule has 3 fully saturated rings. The molecule has 0 spiro atoms. The molecule has 10 nitrogen and oxygen atoms in total. The van der Waals surface area contributed by atoms with E-state index in [-0.39, 0.29) is 36.5 Å². The number of nitrogens with zero attached hydrogens (tertiary/aromatic N) is 3. The number of carbonyl (C=O) groups is 2. The number of aliphatic hydroxyl groups excluding tert-OH is 1. The van der Waals surface area contributed by atoms with Gasteiger partial charge in [-0.05, 0) is 112 Å². The fourth-order valence-electron chi connectivity index (χ4n) is 7.94. The summed E-state index contributed by atoms with van der Waals surface area (Å²) in [4.78, 5) is 34.7. The van der Waals surface area contributed by atoms with E-state index in [0.29, 0.717) is 18.8 Å². The second-order valence-corrected chi connectivity index (χ2v) is 15.0. The van der Waals surface area contributed by atoms with Crippen molar-refractivity contribution < 1.29 is 33.6 Å². The summed E-state index contributed by atoms with van der Waals surface area (Å²) in [6.45, 7) is 17.7. The van der Waals surface area contributed by atoms with Gasteiger partial charge in [-0.25, -0.2) is 0 Å². The van der Waals surface area contributed by atoms with E-state index in [0.717, 1.165) is 45.4 Å². The molecule has 0 radical (unpaired) electrons. The van der Waals surface area contributed by atoms with Gasteiger partial charge in [0.25, 0.3) is 0 Å². The lowest BCUT2D eigenvalue weighted by Crippen LogP contribution is -2.59. The molecule has 0 saturated carbocycles. The van der Waals surface area contributed by atoms with Gasteiger partial charge >= 0.3 is 5.97 Å². The molecule has 0 aliphatic carbocycles. The minimum atomic E-state index is -1.39. The molecule has 9 atom stereocenters. The summed E-state index contributed by atoms with van der Waals surface area (Å²) in [5.41, 5.74) is -2.30. The fourth-order valence-corrected chi connectivity index (χ4v) is 7.94. The van der Waals surface area contributed by atoms with Crippen LogP contribution >= 0.6 is 0 Å². The van der Waals surface area contributed by atoms with E-state index in [1.54, 1.807) is 27.9 Å². The van der Waals surface area contributed by atoms with Crippen molar-refractivity contribution in [1.82, 2.24) is 14.7 Å². The summed E-state index contributed by atoms with van der Waals surface area (Å²) in [5, 5.41) is 11.3. The van der Waals surface area contributed by atoms with Gasteiger partial charge in [0.05, 0.1) is 17.8 Å². The molecule has 0 aromatic rings. The molecule has 1 N–H and O–H groups in total. The lowest BCUT2D eigenvalue weighted by Gasteiger charge is -2.47. The third-order valence-electron chi connectivity index (χ3n) is 10.6. The number of aliphatic hydroxyl groups is 1. The average molecular weight is 626 g/mol. The standard InChI is InChI=1S/C34H63N3O7/c1-12-15-37-16-13-25(14-17-37)27-21-42-32(40)33(5,6)29(39)24(4)30(34(7,41-11)19-22(2)20-36(27)10)44-31-28(38)26(35(8)9)18-23(3)43-31/h22-28,30-31,38H,12-21H2,1-11H3/t22-,23-,24+,26+,27?,28-,30-,31+,34-/m1/s1. The highest BCUT2D eigenvalue weighted by molar-refractivity contribution is 6.04. The molecule has 10 heteroatoms. The Morgan fingerprint density at radius 2 is 1.73 bits per heavy atom. The van der Waals surface area contributed by atoms with Crippen LogP contribution < -0.4 is 0 Å². The molecule has 3 aliphatic rings. The number of methoxy groups -OCH3 is 1. The molecule has 0 aromatic carbocycles. The van der Waals surface area contributed by atoms with Crippen molar-refractivity contribution in [3.63, 3.8) is 0 Å². The molecule has 3 aliphatic heterocycles. The van der Waals surface area contributed by atoms with Crippen LogP contribution in [0.4, 0.5) is 0 Å². The number of esters is 1. The van der Waals surface area contributed by atoms with Gasteiger partial charge in [-0.3, -0.25) is 14.5 Å². The van der Waals surface area contributed by atoms with Gasteiger partial charge in [-0.15, -0.1) is 0 Å². The second kappa shape index (κ2) is 15.6. The van der Waals surface area contributed by atoms with Crippen LogP contribution in [-0.4, -0.2) is 135 Å². The zero-order valence-corrected chi connectivity index (χ0v) is 29.5. The van der Waals surface area contributed by atoms with Crippen LogP contribution in [0.5, 0.6) is 0 Å². The van der Waals surface area contributed by atoms with E-state index >= 15 is 0 Å². The monoisotopic (exact) mass is 625 g/mol. The quantitative estimate of drug-likeness (QED) is 0.335. The number of cyclic esters (lactones) is 1. The summed E-state index contributed by atoms with van der Waals surface area (Å²) < 4.78 is 25.1. The Bertz CT molecular complexity index is 940. The van der Waals surface area contributed by atoms with E-state index in [1.165, 1.54) is 0 Å². The Hall–Kier alpha value is -1.14. The lowest BCUT2D eigenvalue weighted by molar-refractivity contribution is -0.295. The first-order chi connectivity index (χ1) is 20.5. The molecule has 0 aromatic heterocycles. The maximum atomic E-state index is 14.2. The molecule has 3 saturated heterocycles. The number of likely N-dealkylation sites (tertiary alicyclic amines) is 1. The number of hydrogen-bond donors (Lipinski definition) is 1. The molecule has 0 amide bonds. The molecule has 3 rings (SSSR count). The highest BCUT2D eigenvalue weighted by Gasteiger charge is 2.51. The summed E-state index contributed by atoms with van der Waals surface area (Å²) in [6.07, 6.45) is 1.74. The minimum Gasteiger partial charge on any atom is -0.463 e. The lowest BCUT2D eigenvalue weighted by atomic mass is 9.74. The minimum absolute atomic E-state index is 0.0605. The van der Waals surface area contributed by atoms with Gasteiger partial charge in [0.15, 0.2) is 12.1 Å². The average Bonchev–Trinajstić information content (AvgIpc) is 2.96. The summed E-state index contributed by atoms with van der Waals surface area (Å²) in [7, 11) is 7.64. The normalized spacial score (nSPS) is 39.4. The largest absolute Gasteiger partial charge is 0.463 e. The first kappa shape index (κ1) is 37.3. The summed E-state index contributed by atoms with van der Waals surface area (Å²) in [5.74, 6) is -0.953. The zero-order valence-electron chi connectivity index (χ0n) is 29.5. The highest BCUT2D eigenvalue weighted by atomic mass is 16.7. The van der Waals surface area contributed by atoms with Gasteiger partial charge < -0.3 is 33.9 Å². The van der Waals surface area contributed by atoms with Crippen molar-refractivity contribution in [3.8, 4) is 0 Å². The number of ketones is 1. The Kier molecular flexibility index (Phi) is 13.3. The topological polar surface area (TPSA) is 101 Å². The number of ether oxygens (including phenoxy) is 4. The van der Waals surface area contributed by atoms with Crippen molar-refractivity contribution in [2.24, 2.45) is 23.2 Å². The van der Waals surface area contributed by atoms with E-state index < -0.39 is 41.4 Å². The third kappa shape index (κ3) is 8.60. The number of piperidine rings is 1. The van der Waals surface area contributed by atoms with Crippen LogP contribution in [0, 0.1) is 23.2 Å². The smallest absolute Gasteiger partial charge is 0.319 e. The van der Waals surface area contributed by atoms with E-state index in [1.807, 2.05) is 32.8 Å². The second-order valence-electron chi connectivity index (χ2n) is 15.0. The summed E-state index contributed by atoms with van der Waals surface area (Å²) in [6, 6.07) is -0.103. The van der Waals surface area contributed by atoms with E-state index in [9.17, 15) is 14.7 Å². The van der Waals surface area contributed by atoms with E-state index in [4.69, 9.17) is 18.9 Å². The Labute approximate surface area is 267 Å². The fraction of sp³-hybridized carbons (Fsp3) is 0.941. The molecule has 1 unspecified atom stereocenters. The van der Waals surface area contributed by atoms with Crippen molar-refractivity contribution >= 4 is 11.8 Å². The predicted molar refractivity (Wildman–Crippen MR) is 171 cm³/mol. The predicted octanol–water partition coefficient (Wildman–Crippen LogP) is 3.44. The first-order valence-corrected chi connectivity index (χ1v) is 16.9. The number of likely N-dealkylation sites (N-methyl/N-ethyl adjacent to an activating group) is 2. The van der Waals surface area contributed by atoms with Crippen LogP contribution in [0.25, 0.3) is 0 Å². The zero-order chi connectivity index (χ0) is 33.0. The Morgan fingerprint density at radius 3 is 2.30 bits per heavy atom. The number of Topliss-reactive ketones (excluding diaryl/α,β-unsaturated/α-hetero) is 1. The van der Waals surface area contributed by atoms with E-state index in [2.05, 4.69) is 30.7 Å². The maximum absolute atomic E-state index is 14.2. The Balaban J connectivity index is 1.95. The first-order valence-electron chi connectivity index (χ1n) is 16.9. The molecule has 0 bridgehead atoms. The van der Waals surface area contributed by atoms with Gasteiger partial charge in [0.2, 0.25) is 0 Å². The van der Waals surface area contributed by atoms with Crippen molar-refractivity contribution in [2.75, 3.05) is 61.0 Å². The highest BCUT2D eigenvalue weighted by Crippen LogP contribution is 2.38. The van der Waals surface area contributed by atoms with Crippen LogP contribution in [-0.2, 0) is 28.5 Å². The van der Waals surface area contributed by atoms with Crippen LogP contribution in [0.1, 0.15) is 80.6 Å². The van der Waals surface area contributed by atoms with Crippen molar-refractivity contribution in [2.45, 2.75) is 123 Å². The number of carbonyl (C=O) groups excluding carboxylic acids is 2. The molecular formula is C34H63N3O7. The SMILES string of the molecule is CCCN1CCC(C2COC(=O)C(C)(C)C(=O)[C@H](C)[C@@H](O[C@@H]3O[C@H](C)C[C@H](N(C)C)[C@H]3O)[C@](C)(OC)C[C@@H](C)CN2C)CC1.